The lowest BCUT2D eigenvalue weighted by atomic mass is 10.2. The normalized spacial score (nSPS) is 17.3. The van der Waals surface area contributed by atoms with Crippen LogP contribution >= 0.6 is 23.5 Å². The number of benzene rings is 2. The second kappa shape index (κ2) is 9.76. The van der Waals surface area contributed by atoms with Crippen molar-refractivity contribution in [2.24, 2.45) is 0 Å². The molecule has 0 bridgehead atoms. The molecule has 2 aliphatic rings. The molecule has 7 heteroatoms. The second-order valence-electron chi connectivity index (χ2n) is 7.16. The maximum Gasteiger partial charge on any atom is 0.262 e. The van der Waals surface area contributed by atoms with Gasteiger partial charge in [-0.15, -0.1) is 23.5 Å². The van der Waals surface area contributed by atoms with Crippen LogP contribution in [-0.2, 0) is 4.79 Å². The first-order chi connectivity index (χ1) is 14.2. The van der Waals surface area contributed by atoms with Crippen LogP contribution < -0.4 is 15.0 Å². The van der Waals surface area contributed by atoms with Crippen LogP contribution in [0.1, 0.15) is 29.4 Å². The minimum atomic E-state index is -0.422. The van der Waals surface area contributed by atoms with Crippen molar-refractivity contribution in [3.05, 3.63) is 53.8 Å². The Balaban J connectivity index is 1.34. The van der Waals surface area contributed by atoms with Gasteiger partial charge in [0.15, 0.2) is 6.61 Å². The molecule has 2 heterocycles. The number of nitrogens with one attached hydrogen (secondary N) is 1. The minimum Gasteiger partial charge on any atom is -0.484 e. The molecule has 0 saturated carbocycles. The first kappa shape index (κ1) is 20.4. The van der Waals surface area contributed by atoms with Crippen molar-refractivity contribution in [1.29, 1.82) is 0 Å². The van der Waals surface area contributed by atoms with Crippen molar-refractivity contribution >= 4 is 40.8 Å². The number of hydrogen-bond donors (Lipinski definition) is 1. The van der Waals surface area contributed by atoms with E-state index in [1.54, 1.807) is 6.07 Å². The summed E-state index contributed by atoms with van der Waals surface area (Å²) >= 11 is 3.95. The highest BCUT2D eigenvalue weighted by atomic mass is 32.2. The standard InChI is InChI=1S/C22H25FN2O2S2/c23-18-5-3-6-19(25-11-1-2-12-25)21(18)24-20(26)15-27-17-9-7-16(8-10-17)22-28-13-4-14-29-22/h3,5-10,22H,1-2,4,11-15H2,(H,24,26). The van der Waals surface area contributed by atoms with Crippen molar-refractivity contribution in [3.63, 3.8) is 0 Å². The molecule has 0 radical (unpaired) electrons. The van der Waals surface area contributed by atoms with Crippen LogP contribution in [0, 0.1) is 5.82 Å². The molecular formula is C22H25FN2O2S2. The Labute approximate surface area is 179 Å². The van der Waals surface area contributed by atoms with Crippen LogP contribution in [0.15, 0.2) is 42.5 Å². The molecule has 0 unspecified atom stereocenters. The summed E-state index contributed by atoms with van der Waals surface area (Å²) in [6, 6.07) is 12.8. The van der Waals surface area contributed by atoms with E-state index in [2.05, 4.69) is 22.3 Å². The van der Waals surface area contributed by atoms with E-state index in [0.717, 1.165) is 31.6 Å². The Hall–Kier alpha value is -1.86. The van der Waals surface area contributed by atoms with Crippen molar-refractivity contribution < 1.29 is 13.9 Å². The van der Waals surface area contributed by atoms with Crippen LogP contribution in [0.25, 0.3) is 0 Å². The zero-order valence-corrected chi connectivity index (χ0v) is 17.9. The van der Waals surface area contributed by atoms with Gasteiger partial charge >= 0.3 is 0 Å². The van der Waals surface area contributed by atoms with Gasteiger partial charge in [-0.2, -0.15) is 0 Å². The van der Waals surface area contributed by atoms with E-state index in [1.165, 1.54) is 29.6 Å². The predicted molar refractivity (Wildman–Crippen MR) is 121 cm³/mol. The molecule has 0 atom stereocenters. The molecule has 2 aromatic rings. The summed E-state index contributed by atoms with van der Waals surface area (Å²) in [6.45, 7) is 1.61. The van der Waals surface area contributed by atoms with E-state index in [0.29, 0.717) is 10.3 Å². The molecule has 29 heavy (non-hydrogen) atoms. The molecule has 2 fully saturated rings. The summed E-state index contributed by atoms with van der Waals surface area (Å²) < 4.78 is 20.5. The third-order valence-electron chi connectivity index (χ3n) is 5.05. The average molecular weight is 433 g/mol. The number of ether oxygens (including phenoxy) is 1. The number of anilines is 2. The van der Waals surface area contributed by atoms with Gasteiger partial charge in [0.05, 0.1) is 10.3 Å². The van der Waals surface area contributed by atoms with Crippen LogP contribution in [-0.4, -0.2) is 37.1 Å². The Bertz CT molecular complexity index is 835. The number of halogens is 1. The monoisotopic (exact) mass is 432 g/mol. The Morgan fingerprint density at radius 3 is 2.52 bits per heavy atom. The maximum atomic E-state index is 14.4. The van der Waals surface area contributed by atoms with Gasteiger partial charge in [0.25, 0.3) is 5.91 Å². The summed E-state index contributed by atoms with van der Waals surface area (Å²) in [5.41, 5.74) is 2.26. The number of nitrogens with zero attached hydrogens (tertiary/aromatic N) is 1. The maximum absolute atomic E-state index is 14.4. The van der Waals surface area contributed by atoms with Gasteiger partial charge in [0.1, 0.15) is 17.3 Å². The van der Waals surface area contributed by atoms with Crippen molar-refractivity contribution in [3.8, 4) is 5.75 Å². The highest BCUT2D eigenvalue weighted by molar-refractivity contribution is 8.16. The lowest BCUT2D eigenvalue weighted by Gasteiger charge is -2.22. The smallest absolute Gasteiger partial charge is 0.262 e. The molecular weight excluding hydrogens is 407 g/mol. The zero-order chi connectivity index (χ0) is 20.1. The first-order valence-corrected chi connectivity index (χ1v) is 12.1. The van der Waals surface area contributed by atoms with Crippen LogP contribution in [0.4, 0.5) is 15.8 Å². The first-order valence-electron chi connectivity index (χ1n) is 10.00. The van der Waals surface area contributed by atoms with E-state index in [4.69, 9.17) is 4.74 Å². The third kappa shape index (κ3) is 5.20. The van der Waals surface area contributed by atoms with Gasteiger partial charge in [-0.25, -0.2) is 4.39 Å². The molecule has 2 aromatic carbocycles. The van der Waals surface area contributed by atoms with Gasteiger partial charge in [-0.3, -0.25) is 4.79 Å². The highest BCUT2D eigenvalue weighted by Crippen LogP contribution is 2.43. The van der Waals surface area contributed by atoms with Crippen LogP contribution in [0.5, 0.6) is 5.75 Å². The molecule has 0 aromatic heterocycles. The Morgan fingerprint density at radius 2 is 1.79 bits per heavy atom. The molecule has 154 valence electrons. The van der Waals surface area contributed by atoms with E-state index in [9.17, 15) is 9.18 Å². The van der Waals surface area contributed by atoms with Crippen LogP contribution in [0.3, 0.4) is 0 Å². The minimum absolute atomic E-state index is 0.153. The topological polar surface area (TPSA) is 41.6 Å². The molecule has 4 nitrogen and oxygen atoms in total. The lowest BCUT2D eigenvalue weighted by molar-refractivity contribution is -0.118. The number of carbonyl (C=O) groups is 1. The molecule has 2 aliphatic heterocycles. The number of hydrogen-bond acceptors (Lipinski definition) is 5. The number of carbonyl (C=O) groups excluding carboxylic acids is 1. The van der Waals surface area contributed by atoms with Gasteiger partial charge in [-0.1, -0.05) is 18.2 Å². The Kier molecular flexibility index (Phi) is 6.87. The molecule has 1 N–H and O–H groups in total. The molecule has 0 spiro atoms. The third-order valence-corrected chi connectivity index (χ3v) is 8.07. The van der Waals surface area contributed by atoms with Gasteiger partial charge < -0.3 is 15.0 Å². The van der Waals surface area contributed by atoms with Gasteiger partial charge in [0, 0.05) is 13.1 Å². The summed E-state index contributed by atoms with van der Waals surface area (Å²) in [7, 11) is 0. The van der Waals surface area contributed by atoms with E-state index < -0.39 is 5.82 Å². The van der Waals surface area contributed by atoms with Crippen molar-refractivity contribution in [1.82, 2.24) is 0 Å². The van der Waals surface area contributed by atoms with Gasteiger partial charge in [-0.05, 0) is 60.6 Å². The van der Waals surface area contributed by atoms with Crippen LogP contribution in [0.2, 0.25) is 0 Å². The molecule has 0 aliphatic carbocycles. The number of amides is 1. The fourth-order valence-corrected chi connectivity index (χ4v) is 6.48. The Morgan fingerprint density at radius 1 is 1.07 bits per heavy atom. The summed E-state index contributed by atoms with van der Waals surface area (Å²) in [5.74, 6) is 2.26. The van der Waals surface area contributed by atoms with E-state index in [1.807, 2.05) is 41.7 Å². The summed E-state index contributed by atoms with van der Waals surface area (Å²) in [5, 5.41) is 2.70. The fourth-order valence-electron chi connectivity index (χ4n) is 3.58. The molecule has 2 saturated heterocycles. The number of thioether (sulfide) groups is 2. The van der Waals surface area contributed by atoms with Crippen molar-refractivity contribution in [2.45, 2.75) is 23.8 Å². The highest BCUT2D eigenvalue weighted by Gasteiger charge is 2.20. The van der Waals surface area contributed by atoms with E-state index >= 15 is 0 Å². The second-order valence-corrected chi connectivity index (χ2v) is 9.89. The van der Waals surface area contributed by atoms with Crippen molar-refractivity contribution in [2.75, 3.05) is 41.4 Å². The fraction of sp³-hybridized carbons (Fsp3) is 0.409. The lowest BCUT2D eigenvalue weighted by Crippen LogP contribution is -2.24. The summed E-state index contributed by atoms with van der Waals surface area (Å²) in [6.07, 6.45) is 3.44. The number of rotatable bonds is 6. The zero-order valence-electron chi connectivity index (χ0n) is 16.2. The molecule has 1 amide bonds. The summed E-state index contributed by atoms with van der Waals surface area (Å²) in [4.78, 5) is 14.5. The quantitative estimate of drug-likeness (QED) is 0.670. The largest absolute Gasteiger partial charge is 0.484 e. The van der Waals surface area contributed by atoms with Gasteiger partial charge in [0.2, 0.25) is 0 Å². The molecule has 4 rings (SSSR count). The average Bonchev–Trinajstić information content (AvgIpc) is 3.29. The SMILES string of the molecule is O=C(COc1ccc(C2SCCCS2)cc1)Nc1c(F)cccc1N1CCCC1. The number of para-hydroxylation sites is 1. The van der Waals surface area contributed by atoms with E-state index in [-0.39, 0.29) is 18.2 Å². The predicted octanol–water partition coefficient (Wildman–Crippen LogP) is 5.31.